The average molecular weight is 302 g/mol. The lowest BCUT2D eigenvalue weighted by atomic mass is 10.3. The van der Waals surface area contributed by atoms with Crippen LogP contribution < -0.4 is 10.5 Å². The van der Waals surface area contributed by atoms with Crippen LogP contribution in [0.25, 0.3) is 0 Å². The second-order valence-corrected chi connectivity index (χ2v) is 6.69. The summed E-state index contributed by atoms with van der Waals surface area (Å²) in [6.07, 6.45) is 4.82. The van der Waals surface area contributed by atoms with E-state index in [-0.39, 0.29) is 24.2 Å². The summed E-state index contributed by atoms with van der Waals surface area (Å²) in [5, 5.41) is 6.45. The molecule has 2 rings (SSSR count). The van der Waals surface area contributed by atoms with Crippen LogP contribution in [0, 0.1) is 6.92 Å². The predicted molar refractivity (Wildman–Crippen MR) is 74.6 cm³/mol. The van der Waals surface area contributed by atoms with Gasteiger partial charge in [-0.2, -0.15) is 5.10 Å². The third-order valence-corrected chi connectivity index (χ3v) is 4.98. The highest BCUT2D eigenvalue weighted by atomic mass is 32.2. The van der Waals surface area contributed by atoms with Gasteiger partial charge < -0.3 is 10.5 Å². The van der Waals surface area contributed by atoms with Gasteiger partial charge in [-0.25, -0.2) is 13.1 Å². The summed E-state index contributed by atoms with van der Waals surface area (Å²) in [5.41, 5.74) is 6.75. The standard InChI is InChI=1S/C12H22N4O3S/c1-9-11(8-13)12(16-15-9)20(17,18)14-6-7-19-10-4-2-3-5-10/h10,14H,2-8,13H2,1H3,(H,15,16). The molecule has 1 aliphatic rings. The Bertz CT molecular complexity index is 535. The van der Waals surface area contributed by atoms with E-state index in [1.165, 1.54) is 12.8 Å². The number of H-pyrrole nitrogens is 1. The molecule has 7 nitrogen and oxygen atoms in total. The fourth-order valence-corrected chi connectivity index (χ4v) is 3.63. The van der Waals surface area contributed by atoms with Gasteiger partial charge in [-0.05, 0) is 19.8 Å². The molecule has 1 fully saturated rings. The van der Waals surface area contributed by atoms with Gasteiger partial charge in [0, 0.05) is 24.3 Å². The molecule has 1 aromatic heterocycles. The second-order valence-electron chi connectivity index (χ2n) is 5.01. The van der Waals surface area contributed by atoms with Crippen LogP contribution in [0.1, 0.15) is 36.9 Å². The molecule has 8 heteroatoms. The van der Waals surface area contributed by atoms with Gasteiger partial charge in [0.15, 0.2) is 5.03 Å². The van der Waals surface area contributed by atoms with Crippen molar-refractivity contribution in [1.29, 1.82) is 0 Å². The van der Waals surface area contributed by atoms with E-state index in [0.717, 1.165) is 12.8 Å². The van der Waals surface area contributed by atoms with E-state index in [9.17, 15) is 8.42 Å². The maximum absolute atomic E-state index is 12.1. The van der Waals surface area contributed by atoms with Gasteiger partial charge in [-0.1, -0.05) is 12.8 Å². The summed E-state index contributed by atoms with van der Waals surface area (Å²) < 4.78 is 32.3. The van der Waals surface area contributed by atoms with Gasteiger partial charge in [-0.3, -0.25) is 5.10 Å². The molecular weight excluding hydrogens is 280 g/mol. The van der Waals surface area contributed by atoms with Crippen molar-refractivity contribution in [2.75, 3.05) is 13.2 Å². The Kier molecular flexibility index (Phi) is 5.14. The number of sulfonamides is 1. The minimum Gasteiger partial charge on any atom is -0.377 e. The highest BCUT2D eigenvalue weighted by Crippen LogP contribution is 2.20. The summed E-state index contributed by atoms with van der Waals surface area (Å²) in [6.45, 7) is 2.51. The number of aromatic amines is 1. The Balaban J connectivity index is 1.87. The zero-order chi connectivity index (χ0) is 14.6. The Labute approximate surface area is 119 Å². The fraction of sp³-hybridized carbons (Fsp3) is 0.750. The first-order valence-corrected chi connectivity index (χ1v) is 8.38. The van der Waals surface area contributed by atoms with Crippen LogP contribution in [0.2, 0.25) is 0 Å². The van der Waals surface area contributed by atoms with Crippen LogP contribution in [0.5, 0.6) is 0 Å². The van der Waals surface area contributed by atoms with Gasteiger partial charge in [-0.15, -0.1) is 0 Å². The molecule has 1 saturated carbocycles. The quantitative estimate of drug-likeness (QED) is 0.632. The van der Waals surface area contributed by atoms with E-state index in [2.05, 4.69) is 14.9 Å². The van der Waals surface area contributed by atoms with Crippen molar-refractivity contribution in [3.63, 3.8) is 0 Å². The number of ether oxygens (including phenoxy) is 1. The van der Waals surface area contributed by atoms with Crippen molar-refractivity contribution in [2.45, 2.75) is 50.3 Å². The lowest BCUT2D eigenvalue weighted by Gasteiger charge is -2.11. The monoisotopic (exact) mass is 302 g/mol. The number of hydrogen-bond donors (Lipinski definition) is 3. The number of nitrogens with one attached hydrogen (secondary N) is 2. The van der Waals surface area contributed by atoms with Crippen LogP contribution in [0.4, 0.5) is 0 Å². The molecule has 0 atom stereocenters. The topological polar surface area (TPSA) is 110 Å². The van der Waals surface area contributed by atoms with Crippen molar-refractivity contribution < 1.29 is 13.2 Å². The van der Waals surface area contributed by atoms with E-state index in [1.54, 1.807) is 6.92 Å². The molecule has 114 valence electrons. The highest BCUT2D eigenvalue weighted by molar-refractivity contribution is 7.89. The van der Waals surface area contributed by atoms with Crippen molar-refractivity contribution in [3.8, 4) is 0 Å². The highest BCUT2D eigenvalue weighted by Gasteiger charge is 2.23. The summed E-state index contributed by atoms with van der Waals surface area (Å²) in [7, 11) is -3.63. The lowest BCUT2D eigenvalue weighted by Crippen LogP contribution is -2.29. The molecular formula is C12H22N4O3S. The largest absolute Gasteiger partial charge is 0.377 e. The van der Waals surface area contributed by atoms with E-state index in [4.69, 9.17) is 10.5 Å². The molecule has 0 radical (unpaired) electrons. The van der Waals surface area contributed by atoms with Crippen LogP contribution >= 0.6 is 0 Å². The van der Waals surface area contributed by atoms with Gasteiger partial charge in [0.2, 0.25) is 0 Å². The number of nitrogens with two attached hydrogens (primary N) is 1. The molecule has 1 heterocycles. The second kappa shape index (κ2) is 6.66. The molecule has 0 bridgehead atoms. The van der Waals surface area contributed by atoms with Crippen molar-refractivity contribution >= 4 is 10.0 Å². The summed E-state index contributed by atoms with van der Waals surface area (Å²) in [5.74, 6) is 0. The van der Waals surface area contributed by atoms with Crippen LogP contribution in [0.15, 0.2) is 5.03 Å². The Morgan fingerprint density at radius 1 is 1.45 bits per heavy atom. The van der Waals surface area contributed by atoms with Crippen LogP contribution in [-0.2, 0) is 21.3 Å². The summed E-state index contributed by atoms with van der Waals surface area (Å²) in [6, 6.07) is 0. The molecule has 0 spiro atoms. The number of hydrogen-bond acceptors (Lipinski definition) is 5. The average Bonchev–Trinajstić information content (AvgIpc) is 3.04. The predicted octanol–water partition coefficient (Wildman–Crippen LogP) is 0.414. The van der Waals surface area contributed by atoms with Gasteiger partial charge in [0.05, 0.1) is 12.7 Å². The number of rotatable bonds is 7. The normalized spacial score (nSPS) is 16.9. The molecule has 0 saturated heterocycles. The first kappa shape index (κ1) is 15.4. The third kappa shape index (κ3) is 3.57. The first-order valence-electron chi connectivity index (χ1n) is 6.90. The maximum Gasteiger partial charge on any atom is 0.260 e. The van der Waals surface area contributed by atoms with Crippen molar-refractivity contribution in [1.82, 2.24) is 14.9 Å². The smallest absolute Gasteiger partial charge is 0.260 e. The van der Waals surface area contributed by atoms with Crippen LogP contribution in [-0.4, -0.2) is 37.9 Å². The summed E-state index contributed by atoms with van der Waals surface area (Å²) >= 11 is 0. The van der Waals surface area contributed by atoms with E-state index < -0.39 is 10.0 Å². The molecule has 1 aliphatic carbocycles. The molecule has 1 aromatic rings. The molecule has 0 aromatic carbocycles. The van der Waals surface area contributed by atoms with Gasteiger partial charge in [0.25, 0.3) is 10.0 Å². The molecule has 0 unspecified atom stereocenters. The first-order chi connectivity index (χ1) is 9.54. The van der Waals surface area contributed by atoms with E-state index in [1.807, 2.05) is 0 Å². The van der Waals surface area contributed by atoms with E-state index in [0.29, 0.717) is 17.9 Å². The summed E-state index contributed by atoms with van der Waals surface area (Å²) in [4.78, 5) is 0. The zero-order valence-corrected chi connectivity index (χ0v) is 12.5. The van der Waals surface area contributed by atoms with Crippen molar-refractivity contribution in [3.05, 3.63) is 11.3 Å². The maximum atomic E-state index is 12.1. The van der Waals surface area contributed by atoms with Crippen LogP contribution in [0.3, 0.4) is 0 Å². The molecule has 0 amide bonds. The van der Waals surface area contributed by atoms with Gasteiger partial charge >= 0.3 is 0 Å². The van der Waals surface area contributed by atoms with Gasteiger partial charge in [0.1, 0.15) is 0 Å². The van der Waals surface area contributed by atoms with E-state index >= 15 is 0 Å². The van der Waals surface area contributed by atoms with Crippen molar-refractivity contribution in [2.24, 2.45) is 5.73 Å². The minimum absolute atomic E-state index is 0.0154. The third-order valence-electron chi connectivity index (χ3n) is 3.54. The fourth-order valence-electron chi connectivity index (χ4n) is 2.42. The number of nitrogens with zero attached hydrogens (tertiary/aromatic N) is 1. The Morgan fingerprint density at radius 2 is 2.15 bits per heavy atom. The molecule has 20 heavy (non-hydrogen) atoms. The Hall–Kier alpha value is -0.960. The number of aromatic nitrogens is 2. The molecule has 4 N–H and O–H groups in total. The number of aryl methyl sites for hydroxylation is 1. The minimum atomic E-state index is -3.63. The zero-order valence-electron chi connectivity index (χ0n) is 11.7. The SMILES string of the molecule is Cc1[nH]nc(S(=O)(=O)NCCOC2CCCC2)c1CN. The Morgan fingerprint density at radius 3 is 2.80 bits per heavy atom. The lowest BCUT2D eigenvalue weighted by molar-refractivity contribution is 0.0626. The molecule has 0 aliphatic heterocycles.